The number of carbonyl (C=O) groups excluding carboxylic acids is 2. The van der Waals surface area contributed by atoms with Crippen molar-refractivity contribution in [3.63, 3.8) is 0 Å². The van der Waals surface area contributed by atoms with Crippen molar-refractivity contribution in [3.05, 3.63) is 59.7 Å². The third-order valence-corrected chi connectivity index (χ3v) is 4.23. The Morgan fingerprint density at radius 3 is 2.54 bits per heavy atom. The van der Waals surface area contributed by atoms with Gasteiger partial charge in [-0.25, -0.2) is 0 Å². The molecule has 0 spiro atoms. The summed E-state index contributed by atoms with van der Waals surface area (Å²) >= 11 is 0. The Morgan fingerprint density at radius 1 is 1.17 bits per heavy atom. The summed E-state index contributed by atoms with van der Waals surface area (Å²) in [4.78, 5) is 26.4. The van der Waals surface area contributed by atoms with Crippen molar-refractivity contribution in [2.45, 2.75) is 19.4 Å². The predicted molar refractivity (Wildman–Crippen MR) is 92.4 cm³/mol. The topological polar surface area (TPSA) is 58.6 Å². The van der Waals surface area contributed by atoms with E-state index in [1.165, 1.54) is 0 Å². The van der Waals surface area contributed by atoms with Gasteiger partial charge < -0.3 is 15.0 Å². The molecule has 1 fully saturated rings. The van der Waals surface area contributed by atoms with Crippen molar-refractivity contribution >= 4 is 17.5 Å². The summed E-state index contributed by atoms with van der Waals surface area (Å²) in [5.74, 6) is 0.618. The average Bonchev–Trinajstić information content (AvgIpc) is 2.95. The van der Waals surface area contributed by atoms with Crippen LogP contribution in [0.15, 0.2) is 48.5 Å². The Labute approximate surface area is 141 Å². The van der Waals surface area contributed by atoms with Crippen LogP contribution in [0.2, 0.25) is 0 Å². The second-order valence-corrected chi connectivity index (χ2v) is 5.89. The molecule has 0 saturated carbocycles. The first-order chi connectivity index (χ1) is 11.6. The average molecular weight is 324 g/mol. The van der Waals surface area contributed by atoms with E-state index >= 15 is 0 Å². The second-order valence-electron chi connectivity index (χ2n) is 5.89. The van der Waals surface area contributed by atoms with Crippen LogP contribution in [0, 0.1) is 6.92 Å². The number of nitrogens with one attached hydrogen (secondary N) is 1. The Balaban J connectivity index is 1.68. The monoisotopic (exact) mass is 324 g/mol. The number of ether oxygens (including phenoxy) is 1. The minimum atomic E-state index is -0.188. The van der Waals surface area contributed by atoms with Crippen LogP contribution in [0.25, 0.3) is 0 Å². The van der Waals surface area contributed by atoms with E-state index in [2.05, 4.69) is 5.32 Å². The Kier molecular flexibility index (Phi) is 4.51. The number of rotatable bonds is 4. The quantitative estimate of drug-likeness (QED) is 0.940. The van der Waals surface area contributed by atoms with Gasteiger partial charge in [-0.3, -0.25) is 9.59 Å². The summed E-state index contributed by atoms with van der Waals surface area (Å²) in [6, 6.07) is 14.6. The molecular weight excluding hydrogens is 304 g/mol. The number of carbonyl (C=O) groups is 2. The number of hydrogen-bond donors (Lipinski definition) is 1. The van der Waals surface area contributed by atoms with Crippen LogP contribution >= 0.6 is 0 Å². The summed E-state index contributed by atoms with van der Waals surface area (Å²) in [6.07, 6.45) is 0.309. The molecule has 0 bridgehead atoms. The number of anilines is 1. The van der Waals surface area contributed by atoms with Gasteiger partial charge in [-0.05, 0) is 42.8 Å². The third kappa shape index (κ3) is 3.25. The Hall–Kier alpha value is -2.82. The fraction of sp³-hybridized carbons (Fsp3) is 0.263. The van der Waals surface area contributed by atoms with Crippen molar-refractivity contribution in [2.75, 3.05) is 18.6 Å². The number of aryl methyl sites for hydroxylation is 1. The lowest BCUT2D eigenvalue weighted by molar-refractivity contribution is -0.117. The van der Waals surface area contributed by atoms with Crippen molar-refractivity contribution in [3.8, 4) is 5.75 Å². The molecule has 1 N–H and O–H groups in total. The van der Waals surface area contributed by atoms with Crippen LogP contribution < -0.4 is 15.0 Å². The van der Waals surface area contributed by atoms with Crippen molar-refractivity contribution in [1.82, 2.24) is 5.32 Å². The molecule has 1 saturated heterocycles. The third-order valence-electron chi connectivity index (χ3n) is 4.23. The van der Waals surface area contributed by atoms with E-state index in [-0.39, 0.29) is 17.9 Å². The lowest BCUT2D eigenvalue weighted by Crippen LogP contribution is -2.37. The molecule has 0 aromatic heterocycles. The number of nitrogens with zero attached hydrogens (tertiary/aromatic N) is 1. The number of methoxy groups -OCH3 is 1. The summed E-state index contributed by atoms with van der Waals surface area (Å²) in [6.45, 7) is 2.38. The maximum Gasteiger partial charge on any atom is 0.251 e. The second kappa shape index (κ2) is 6.74. The van der Waals surface area contributed by atoms with Crippen molar-refractivity contribution in [2.24, 2.45) is 0 Å². The highest BCUT2D eigenvalue weighted by molar-refractivity contribution is 5.99. The van der Waals surface area contributed by atoms with Gasteiger partial charge in [0.1, 0.15) is 5.75 Å². The molecule has 1 aliphatic heterocycles. The smallest absolute Gasteiger partial charge is 0.251 e. The normalized spacial score (nSPS) is 17.0. The maximum atomic E-state index is 12.4. The van der Waals surface area contributed by atoms with Gasteiger partial charge in [0.15, 0.2) is 0 Å². The molecule has 5 nitrogen and oxygen atoms in total. The lowest BCUT2D eigenvalue weighted by atomic mass is 10.1. The minimum absolute atomic E-state index is 0.00949. The van der Waals surface area contributed by atoms with Gasteiger partial charge in [0.05, 0.1) is 13.2 Å². The molecule has 0 aliphatic carbocycles. The number of benzene rings is 2. The standard InChI is InChI=1S/C19H20N2O3/c1-13-5-3-4-6-17(13)19(23)20-14-11-18(22)21(12-14)15-7-9-16(24-2)10-8-15/h3-10,14H,11-12H2,1-2H3,(H,20,23)/t14-/m0/s1. The van der Waals surface area contributed by atoms with Gasteiger partial charge in [0.2, 0.25) is 5.91 Å². The maximum absolute atomic E-state index is 12.4. The molecule has 1 aliphatic rings. The Morgan fingerprint density at radius 2 is 1.88 bits per heavy atom. The van der Waals surface area contributed by atoms with E-state index < -0.39 is 0 Å². The highest BCUT2D eigenvalue weighted by Gasteiger charge is 2.31. The molecular formula is C19H20N2O3. The van der Waals surface area contributed by atoms with E-state index in [4.69, 9.17) is 4.74 Å². The first-order valence-corrected chi connectivity index (χ1v) is 7.89. The fourth-order valence-corrected chi connectivity index (χ4v) is 2.91. The molecule has 0 unspecified atom stereocenters. The molecule has 0 radical (unpaired) electrons. The first-order valence-electron chi connectivity index (χ1n) is 7.89. The largest absolute Gasteiger partial charge is 0.497 e. The summed E-state index contributed by atoms with van der Waals surface area (Å²) in [5, 5.41) is 2.96. The molecule has 3 rings (SSSR count). The van der Waals surface area contributed by atoms with E-state index in [0.717, 1.165) is 17.0 Å². The van der Waals surface area contributed by atoms with E-state index in [0.29, 0.717) is 18.5 Å². The Bertz CT molecular complexity index is 755. The number of amides is 2. The van der Waals surface area contributed by atoms with Gasteiger partial charge in [0.25, 0.3) is 5.91 Å². The van der Waals surface area contributed by atoms with Crippen LogP contribution in [0.4, 0.5) is 5.69 Å². The molecule has 2 aromatic rings. The van der Waals surface area contributed by atoms with Crippen LogP contribution in [-0.2, 0) is 4.79 Å². The van der Waals surface area contributed by atoms with Gasteiger partial charge in [-0.15, -0.1) is 0 Å². The molecule has 5 heteroatoms. The summed E-state index contributed by atoms with van der Waals surface area (Å²) < 4.78 is 5.13. The van der Waals surface area contributed by atoms with Crippen LogP contribution in [0.3, 0.4) is 0 Å². The van der Waals surface area contributed by atoms with E-state index in [1.54, 1.807) is 18.1 Å². The summed E-state index contributed by atoms with van der Waals surface area (Å²) in [7, 11) is 1.60. The molecule has 124 valence electrons. The SMILES string of the molecule is COc1ccc(N2C[C@@H](NC(=O)c3ccccc3C)CC2=O)cc1. The van der Waals surface area contributed by atoms with Gasteiger partial charge in [-0.2, -0.15) is 0 Å². The fourth-order valence-electron chi connectivity index (χ4n) is 2.91. The van der Waals surface area contributed by atoms with Crippen molar-refractivity contribution in [1.29, 1.82) is 0 Å². The molecule has 1 atom stereocenters. The van der Waals surface area contributed by atoms with Crippen LogP contribution in [0.1, 0.15) is 22.3 Å². The van der Waals surface area contributed by atoms with Crippen molar-refractivity contribution < 1.29 is 14.3 Å². The lowest BCUT2D eigenvalue weighted by Gasteiger charge is -2.18. The van der Waals surface area contributed by atoms with E-state index in [1.807, 2.05) is 49.4 Å². The van der Waals surface area contributed by atoms with Crippen LogP contribution in [-0.4, -0.2) is 31.5 Å². The van der Waals surface area contributed by atoms with E-state index in [9.17, 15) is 9.59 Å². The predicted octanol–water partition coefficient (Wildman–Crippen LogP) is 2.54. The highest BCUT2D eigenvalue weighted by Crippen LogP contribution is 2.24. The zero-order valence-electron chi connectivity index (χ0n) is 13.8. The molecule has 2 amide bonds. The molecule has 2 aromatic carbocycles. The number of hydrogen-bond acceptors (Lipinski definition) is 3. The zero-order valence-corrected chi connectivity index (χ0v) is 13.8. The zero-order chi connectivity index (χ0) is 17.1. The first kappa shape index (κ1) is 16.1. The molecule has 1 heterocycles. The molecule has 24 heavy (non-hydrogen) atoms. The highest BCUT2D eigenvalue weighted by atomic mass is 16.5. The minimum Gasteiger partial charge on any atom is -0.497 e. The van der Waals surface area contributed by atoms with Gasteiger partial charge in [-0.1, -0.05) is 18.2 Å². The van der Waals surface area contributed by atoms with Gasteiger partial charge in [0, 0.05) is 24.2 Å². The van der Waals surface area contributed by atoms with Gasteiger partial charge >= 0.3 is 0 Å². The van der Waals surface area contributed by atoms with Crippen LogP contribution in [0.5, 0.6) is 5.75 Å². The summed E-state index contributed by atoms with van der Waals surface area (Å²) in [5.41, 5.74) is 2.38.